The number of rotatable bonds is 8. The number of hydrogen-bond acceptors (Lipinski definition) is 8. The fourth-order valence-electron chi connectivity index (χ4n) is 5.47. The van der Waals surface area contributed by atoms with Crippen molar-refractivity contribution in [2.75, 3.05) is 12.4 Å². The second kappa shape index (κ2) is 12.6. The van der Waals surface area contributed by atoms with E-state index >= 15 is 4.39 Å². The molecule has 12 heteroatoms. The molecule has 3 aromatic carbocycles. The number of nitrogens with zero attached hydrogens (tertiary/aromatic N) is 3. The summed E-state index contributed by atoms with van der Waals surface area (Å²) in [5.41, 5.74) is 1.28. The summed E-state index contributed by atoms with van der Waals surface area (Å²) >= 11 is 6.31. The normalized spacial score (nSPS) is 20.1. The van der Waals surface area contributed by atoms with Gasteiger partial charge in [-0.3, -0.25) is 0 Å². The number of ether oxygens (including phenoxy) is 3. The monoisotopic (exact) mass is 632 g/mol. The molecule has 5 atom stereocenters. The summed E-state index contributed by atoms with van der Waals surface area (Å²) in [7, 11) is 1.23. The number of fused-ring (bicyclic) bond motifs is 1. The molecule has 3 heterocycles. The van der Waals surface area contributed by atoms with Gasteiger partial charge in [-0.25, -0.2) is 23.4 Å². The van der Waals surface area contributed by atoms with Crippen molar-refractivity contribution in [3.63, 3.8) is 0 Å². The highest BCUT2D eigenvalue weighted by Gasteiger charge is 2.50. The highest BCUT2D eigenvalue weighted by Crippen LogP contribution is 2.45. The zero-order valence-corrected chi connectivity index (χ0v) is 24.8. The van der Waals surface area contributed by atoms with Gasteiger partial charge in [0.1, 0.15) is 23.4 Å². The molecule has 9 nitrogen and oxygen atoms in total. The van der Waals surface area contributed by atoms with Crippen molar-refractivity contribution >= 4 is 40.4 Å². The first-order valence-electron chi connectivity index (χ1n) is 14.0. The minimum Gasteiger partial charge on any atom is -0.465 e. The topological polar surface area (TPSA) is 105 Å². The highest BCUT2D eigenvalue weighted by atomic mass is 35.5. The highest BCUT2D eigenvalue weighted by molar-refractivity contribution is 6.28. The van der Waals surface area contributed by atoms with Gasteiger partial charge < -0.3 is 24.1 Å². The number of benzene rings is 3. The van der Waals surface area contributed by atoms with Crippen LogP contribution in [-0.4, -0.2) is 45.9 Å². The van der Waals surface area contributed by atoms with Gasteiger partial charge in [0, 0.05) is 11.8 Å². The molecule has 0 saturated carbocycles. The van der Waals surface area contributed by atoms with Gasteiger partial charge in [0.2, 0.25) is 5.28 Å². The van der Waals surface area contributed by atoms with Crippen LogP contribution in [0.3, 0.4) is 0 Å². The molecule has 0 unspecified atom stereocenters. The maximum atomic E-state index is 16.6. The summed E-state index contributed by atoms with van der Waals surface area (Å²) in [5.74, 6) is -1.51. The van der Waals surface area contributed by atoms with Crippen LogP contribution < -0.4 is 5.32 Å². The smallest absolute Gasteiger partial charge is 0.338 e. The molecule has 6 rings (SSSR count). The number of alkyl halides is 1. The van der Waals surface area contributed by atoms with Gasteiger partial charge in [0.15, 0.2) is 18.5 Å². The maximum Gasteiger partial charge on any atom is 0.338 e. The lowest BCUT2D eigenvalue weighted by Gasteiger charge is -2.21. The van der Waals surface area contributed by atoms with Crippen LogP contribution in [0.15, 0.2) is 91.1 Å². The Morgan fingerprint density at radius 2 is 1.69 bits per heavy atom. The van der Waals surface area contributed by atoms with Crippen LogP contribution in [0.1, 0.15) is 57.1 Å². The van der Waals surface area contributed by atoms with Gasteiger partial charge in [-0.05, 0) is 54.4 Å². The lowest BCUT2D eigenvalue weighted by atomic mass is 9.97. The summed E-state index contributed by atoms with van der Waals surface area (Å²) in [6.45, 7) is 1.77. The molecule has 0 spiro atoms. The Kier molecular flexibility index (Phi) is 8.46. The lowest BCUT2D eigenvalue weighted by molar-refractivity contribution is -0.0302. The molecular weight excluding hydrogens is 606 g/mol. The predicted molar refractivity (Wildman–Crippen MR) is 162 cm³/mol. The molecule has 45 heavy (non-hydrogen) atoms. The van der Waals surface area contributed by atoms with Gasteiger partial charge in [0.25, 0.3) is 0 Å². The Balaban J connectivity index is 1.39. The van der Waals surface area contributed by atoms with E-state index in [0.717, 1.165) is 0 Å². The van der Waals surface area contributed by atoms with Gasteiger partial charge in [0.05, 0.1) is 29.7 Å². The summed E-state index contributed by atoms with van der Waals surface area (Å²) in [4.78, 5) is 34.4. The second-order valence-electron chi connectivity index (χ2n) is 10.4. The van der Waals surface area contributed by atoms with Gasteiger partial charge >= 0.3 is 11.9 Å². The summed E-state index contributed by atoms with van der Waals surface area (Å²) in [5, 5.41) is 3.50. The third-order valence-corrected chi connectivity index (χ3v) is 7.81. The van der Waals surface area contributed by atoms with E-state index < -0.39 is 42.6 Å². The first kappa shape index (κ1) is 30.2. The Bertz CT molecular complexity index is 1870. The molecule has 230 valence electrons. The quantitative estimate of drug-likeness (QED) is 0.144. The van der Waals surface area contributed by atoms with Crippen molar-refractivity contribution < 1.29 is 32.6 Å². The first-order chi connectivity index (χ1) is 21.8. The molecular formula is C33H27ClF2N4O5. The number of carbonyl (C=O) groups is 2. The second-order valence-corrected chi connectivity index (χ2v) is 10.7. The number of esters is 2. The van der Waals surface area contributed by atoms with Crippen LogP contribution >= 0.6 is 11.6 Å². The van der Waals surface area contributed by atoms with Crippen LogP contribution in [0.4, 0.5) is 14.6 Å². The van der Waals surface area contributed by atoms with E-state index in [1.807, 2.05) is 0 Å². The molecule has 0 amide bonds. The summed E-state index contributed by atoms with van der Waals surface area (Å²) < 4.78 is 49.4. The third kappa shape index (κ3) is 5.84. The number of nitrogens with one attached hydrogen (secondary N) is 1. The van der Waals surface area contributed by atoms with E-state index in [9.17, 15) is 14.0 Å². The maximum absolute atomic E-state index is 16.6. The van der Waals surface area contributed by atoms with Crippen LogP contribution in [-0.2, 0) is 14.2 Å². The largest absolute Gasteiger partial charge is 0.465 e. The number of aromatic nitrogens is 3. The van der Waals surface area contributed by atoms with Crippen LogP contribution in [0.2, 0.25) is 5.28 Å². The van der Waals surface area contributed by atoms with E-state index in [-0.39, 0.29) is 33.4 Å². The van der Waals surface area contributed by atoms with E-state index in [1.165, 1.54) is 23.8 Å². The van der Waals surface area contributed by atoms with Crippen LogP contribution in [0.25, 0.3) is 11.0 Å². The Morgan fingerprint density at radius 1 is 0.978 bits per heavy atom. The van der Waals surface area contributed by atoms with Crippen molar-refractivity contribution in [3.8, 4) is 0 Å². The molecule has 1 aliphatic heterocycles. The van der Waals surface area contributed by atoms with Gasteiger partial charge in [-0.2, -0.15) is 4.98 Å². The molecule has 1 fully saturated rings. The van der Waals surface area contributed by atoms with Gasteiger partial charge in [-0.1, -0.05) is 54.6 Å². The number of anilines is 1. The van der Waals surface area contributed by atoms with Crippen molar-refractivity contribution in [2.45, 2.75) is 37.6 Å². The third-order valence-electron chi connectivity index (χ3n) is 7.64. The Hall–Kier alpha value is -4.87. The SMILES string of the molecule is COC(=O)c1ccccc1[C@H]1O[C@@H](n2ccc3c(N[C@@H](C)c4ccccc4F)nc(Cl)nc32)[C@@H](F)[C@@H]1OC(=O)c1ccccc1. The number of carbonyl (C=O) groups excluding carboxylic acids is 2. The van der Waals surface area contributed by atoms with Crippen molar-refractivity contribution in [3.05, 3.63) is 124 Å². The number of methoxy groups -OCH3 is 1. The van der Waals surface area contributed by atoms with Crippen molar-refractivity contribution in [2.24, 2.45) is 0 Å². The van der Waals surface area contributed by atoms with Crippen LogP contribution in [0, 0.1) is 5.82 Å². The minimum atomic E-state index is -1.91. The van der Waals surface area contributed by atoms with Crippen molar-refractivity contribution in [1.29, 1.82) is 0 Å². The van der Waals surface area contributed by atoms with E-state index in [4.69, 9.17) is 25.8 Å². The summed E-state index contributed by atoms with van der Waals surface area (Å²) in [6.07, 6.45) is -4.36. The number of halogens is 3. The van der Waals surface area contributed by atoms with E-state index in [2.05, 4.69) is 15.3 Å². The minimum absolute atomic E-state index is 0.134. The van der Waals surface area contributed by atoms with Crippen LogP contribution in [0.5, 0.6) is 0 Å². The first-order valence-corrected chi connectivity index (χ1v) is 14.4. The molecule has 1 saturated heterocycles. The zero-order valence-electron chi connectivity index (χ0n) is 24.1. The molecule has 0 bridgehead atoms. The fourth-order valence-corrected chi connectivity index (χ4v) is 5.63. The molecule has 5 aromatic rings. The van der Waals surface area contributed by atoms with Crippen molar-refractivity contribution in [1.82, 2.24) is 14.5 Å². The van der Waals surface area contributed by atoms with Gasteiger partial charge in [-0.15, -0.1) is 0 Å². The Morgan fingerprint density at radius 3 is 2.44 bits per heavy atom. The fraction of sp³-hybridized carbons (Fsp3) is 0.212. The summed E-state index contributed by atoms with van der Waals surface area (Å²) in [6, 6.07) is 22.1. The van der Waals surface area contributed by atoms with E-state index in [0.29, 0.717) is 16.8 Å². The predicted octanol–water partition coefficient (Wildman–Crippen LogP) is 7.02. The Labute approximate surface area is 261 Å². The molecule has 1 aliphatic rings. The average molecular weight is 633 g/mol. The lowest BCUT2D eigenvalue weighted by Crippen LogP contribution is -2.31. The molecule has 2 aromatic heterocycles. The standard InChI is InChI=1S/C33H27ClF2N4O5/c1-18(20-12-8-9-15-24(20)35)37-28-23-16-17-40(29(23)39-33(34)38-28)30-25(36)27(45-31(41)19-10-4-3-5-11-19)26(44-30)21-13-6-7-14-22(21)32(42)43-2/h3-18,25-27,30H,1-2H3,(H,37,38,39)/t18-,25-,26+,27-,30+/m0/s1. The average Bonchev–Trinajstić information content (AvgIpc) is 3.61. The van der Waals surface area contributed by atoms with E-state index in [1.54, 1.807) is 85.9 Å². The molecule has 1 N–H and O–H groups in total. The number of hydrogen-bond donors (Lipinski definition) is 1. The molecule has 0 aliphatic carbocycles. The molecule has 0 radical (unpaired) electrons. The zero-order chi connectivity index (χ0) is 31.7.